The predicted octanol–water partition coefficient (Wildman–Crippen LogP) is 1.68. The summed E-state index contributed by atoms with van der Waals surface area (Å²) in [7, 11) is 4.27. The largest absolute Gasteiger partial charge is 0.314 e. The molecule has 0 spiro atoms. The third kappa shape index (κ3) is 4.28. The molecule has 5 nitrogen and oxygen atoms in total. The second kappa shape index (κ2) is 7.18. The van der Waals surface area contributed by atoms with E-state index in [4.69, 9.17) is 0 Å². The van der Waals surface area contributed by atoms with E-state index in [9.17, 15) is 0 Å². The highest BCUT2D eigenvalue weighted by atomic mass is 15.3. The van der Waals surface area contributed by atoms with Crippen LogP contribution in [0.4, 0.5) is 0 Å². The maximum atomic E-state index is 4.36. The van der Waals surface area contributed by atoms with E-state index in [2.05, 4.69) is 52.9 Å². The monoisotopic (exact) mass is 279 g/mol. The molecular weight excluding hydrogens is 250 g/mol. The molecule has 0 fully saturated rings. The van der Waals surface area contributed by atoms with Gasteiger partial charge in [-0.2, -0.15) is 0 Å². The van der Waals surface area contributed by atoms with Crippen LogP contribution in [0, 0.1) is 5.92 Å². The molecule has 1 N–H and O–H groups in total. The number of hydrogen-bond acceptors (Lipinski definition) is 4. The summed E-state index contributed by atoms with van der Waals surface area (Å²) in [5.74, 6) is 2.98. The number of fused-ring (bicyclic) bond motifs is 1. The lowest BCUT2D eigenvalue weighted by Crippen LogP contribution is -2.39. The van der Waals surface area contributed by atoms with Gasteiger partial charge in [0.25, 0.3) is 0 Å². The quantitative estimate of drug-likeness (QED) is 0.825. The fourth-order valence-corrected chi connectivity index (χ4v) is 2.97. The molecule has 0 amide bonds. The average molecular weight is 279 g/mol. The molecule has 1 aromatic rings. The van der Waals surface area contributed by atoms with E-state index in [0.717, 1.165) is 31.9 Å². The van der Waals surface area contributed by atoms with Crippen LogP contribution in [0.15, 0.2) is 0 Å². The van der Waals surface area contributed by atoms with Crippen molar-refractivity contribution in [1.29, 1.82) is 0 Å². The number of aromatic nitrogens is 3. The predicted molar refractivity (Wildman–Crippen MR) is 81.6 cm³/mol. The first kappa shape index (κ1) is 15.4. The van der Waals surface area contributed by atoms with Crippen molar-refractivity contribution in [2.75, 3.05) is 20.6 Å². The van der Waals surface area contributed by atoms with Crippen molar-refractivity contribution >= 4 is 0 Å². The second-order valence-corrected chi connectivity index (χ2v) is 6.61. The van der Waals surface area contributed by atoms with E-state index >= 15 is 0 Å². The van der Waals surface area contributed by atoms with Crippen LogP contribution in [-0.2, 0) is 19.5 Å². The number of hydrogen-bond donors (Lipinski definition) is 1. The second-order valence-electron chi connectivity index (χ2n) is 6.61. The summed E-state index contributed by atoms with van der Waals surface area (Å²) in [4.78, 5) is 2.25. The molecule has 1 aliphatic heterocycles. The fraction of sp³-hybridized carbons (Fsp3) is 0.867. The van der Waals surface area contributed by atoms with E-state index in [0.29, 0.717) is 12.0 Å². The molecule has 2 rings (SSSR count). The smallest absolute Gasteiger partial charge is 0.147 e. The van der Waals surface area contributed by atoms with Crippen molar-refractivity contribution in [3.63, 3.8) is 0 Å². The van der Waals surface area contributed by atoms with Crippen LogP contribution in [-0.4, -0.2) is 46.3 Å². The lowest BCUT2D eigenvalue weighted by molar-refractivity contribution is 0.302. The number of nitrogens with zero attached hydrogens (tertiary/aromatic N) is 4. The summed E-state index contributed by atoms with van der Waals surface area (Å²) in [6.45, 7) is 7.55. The van der Waals surface area contributed by atoms with Gasteiger partial charge < -0.3 is 14.8 Å². The van der Waals surface area contributed by atoms with E-state index in [1.165, 1.54) is 25.1 Å². The van der Waals surface area contributed by atoms with Crippen molar-refractivity contribution in [3.8, 4) is 0 Å². The van der Waals surface area contributed by atoms with Crippen LogP contribution in [0.5, 0.6) is 0 Å². The number of nitrogens with one attached hydrogen (secondary N) is 1. The number of aryl methyl sites for hydroxylation is 1. The van der Waals surface area contributed by atoms with Gasteiger partial charge in [0.1, 0.15) is 11.6 Å². The maximum absolute atomic E-state index is 4.36. The van der Waals surface area contributed by atoms with E-state index in [-0.39, 0.29) is 0 Å². The van der Waals surface area contributed by atoms with Crippen LogP contribution >= 0.6 is 0 Å². The van der Waals surface area contributed by atoms with Crippen molar-refractivity contribution in [2.45, 2.75) is 58.7 Å². The lowest BCUT2D eigenvalue weighted by atomic mass is 10.0. The fourth-order valence-electron chi connectivity index (χ4n) is 2.97. The molecule has 1 aliphatic rings. The van der Waals surface area contributed by atoms with Gasteiger partial charge >= 0.3 is 0 Å². The highest BCUT2D eigenvalue weighted by Gasteiger charge is 2.17. The Hall–Kier alpha value is -0.940. The van der Waals surface area contributed by atoms with E-state index in [1.54, 1.807) is 0 Å². The molecule has 1 atom stereocenters. The minimum Gasteiger partial charge on any atom is -0.314 e. The zero-order valence-electron chi connectivity index (χ0n) is 13.4. The van der Waals surface area contributed by atoms with Gasteiger partial charge in [-0.1, -0.05) is 13.8 Å². The van der Waals surface area contributed by atoms with Gasteiger partial charge in [0.05, 0.1) is 6.54 Å². The van der Waals surface area contributed by atoms with Gasteiger partial charge in [-0.3, -0.25) is 0 Å². The first-order chi connectivity index (χ1) is 9.56. The highest BCUT2D eigenvalue weighted by Crippen LogP contribution is 2.14. The number of rotatable bonds is 7. The van der Waals surface area contributed by atoms with Gasteiger partial charge in [0, 0.05) is 25.6 Å². The Balaban J connectivity index is 1.92. The minimum atomic E-state index is 0.515. The summed E-state index contributed by atoms with van der Waals surface area (Å²) in [5, 5.41) is 12.4. The van der Waals surface area contributed by atoms with E-state index < -0.39 is 0 Å². The molecule has 0 saturated carbocycles. The average Bonchev–Trinajstić information content (AvgIpc) is 2.78. The van der Waals surface area contributed by atoms with Gasteiger partial charge in [0.15, 0.2) is 0 Å². The summed E-state index contributed by atoms with van der Waals surface area (Å²) >= 11 is 0. The first-order valence-corrected chi connectivity index (χ1v) is 7.85. The molecule has 0 saturated heterocycles. The maximum Gasteiger partial charge on any atom is 0.147 e. The van der Waals surface area contributed by atoms with Crippen LogP contribution < -0.4 is 5.32 Å². The van der Waals surface area contributed by atoms with Gasteiger partial charge in [0.2, 0.25) is 0 Å². The van der Waals surface area contributed by atoms with Crippen molar-refractivity contribution in [3.05, 3.63) is 11.6 Å². The zero-order valence-corrected chi connectivity index (χ0v) is 13.4. The summed E-state index contributed by atoms with van der Waals surface area (Å²) in [6, 6.07) is 0.515. The summed E-state index contributed by atoms with van der Waals surface area (Å²) in [6.07, 6.45) is 4.78. The Kier molecular flexibility index (Phi) is 5.54. The third-order valence-electron chi connectivity index (χ3n) is 3.83. The topological polar surface area (TPSA) is 46.0 Å². The SMILES string of the molecule is CC(C)CC(CN(C)C)NCc1nnc2n1CCCC2. The molecular formula is C15H29N5. The molecule has 0 bridgehead atoms. The molecule has 2 heterocycles. The van der Waals surface area contributed by atoms with Crippen LogP contribution in [0.3, 0.4) is 0 Å². The third-order valence-corrected chi connectivity index (χ3v) is 3.83. The van der Waals surface area contributed by atoms with Crippen LogP contribution in [0.2, 0.25) is 0 Å². The Morgan fingerprint density at radius 3 is 2.75 bits per heavy atom. The molecule has 1 aromatic heterocycles. The first-order valence-electron chi connectivity index (χ1n) is 7.85. The molecule has 114 valence electrons. The van der Waals surface area contributed by atoms with Gasteiger partial charge in [-0.25, -0.2) is 0 Å². The molecule has 0 aromatic carbocycles. The molecule has 20 heavy (non-hydrogen) atoms. The molecule has 5 heteroatoms. The normalized spacial score (nSPS) is 16.7. The van der Waals surface area contributed by atoms with Crippen molar-refractivity contribution in [1.82, 2.24) is 25.0 Å². The van der Waals surface area contributed by atoms with Crippen LogP contribution in [0.25, 0.3) is 0 Å². The minimum absolute atomic E-state index is 0.515. The Morgan fingerprint density at radius 2 is 2.05 bits per heavy atom. The lowest BCUT2D eigenvalue weighted by Gasteiger charge is -2.24. The van der Waals surface area contributed by atoms with Gasteiger partial charge in [-0.15, -0.1) is 10.2 Å². The standard InChI is InChI=1S/C15H29N5/c1-12(2)9-13(11-19(3)4)16-10-15-18-17-14-7-5-6-8-20(14)15/h12-13,16H,5-11H2,1-4H3. The molecule has 1 unspecified atom stereocenters. The van der Waals surface area contributed by atoms with Crippen molar-refractivity contribution < 1.29 is 0 Å². The Labute approximate surface area is 122 Å². The summed E-state index contributed by atoms with van der Waals surface area (Å²) in [5.41, 5.74) is 0. The van der Waals surface area contributed by atoms with Gasteiger partial charge in [-0.05, 0) is 39.3 Å². The van der Waals surface area contributed by atoms with Crippen molar-refractivity contribution in [2.24, 2.45) is 5.92 Å². The Bertz CT molecular complexity index is 400. The zero-order chi connectivity index (χ0) is 14.5. The summed E-state index contributed by atoms with van der Waals surface area (Å²) < 4.78 is 2.30. The van der Waals surface area contributed by atoms with E-state index in [1.807, 2.05) is 0 Å². The van der Waals surface area contributed by atoms with Crippen LogP contribution in [0.1, 0.15) is 44.8 Å². The Morgan fingerprint density at radius 1 is 1.25 bits per heavy atom. The number of likely N-dealkylation sites (N-methyl/N-ethyl adjacent to an activating group) is 1. The molecule has 0 aliphatic carbocycles. The highest BCUT2D eigenvalue weighted by molar-refractivity contribution is 4.99. The molecule has 0 radical (unpaired) electrons.